The van der Waals surface area contributed by atoms with Crippen LogP contribution < -0.4 is 9.47 Å². The van der Waals surface area contributed by atoms with Crippen molar-refractivity contribution >= 4 is 15.9 Å². The Labute approximate surface area is 200 Å². The Bertz CT molecular complexity index is 1310. The normalized spacial score (nSPS) is 11.5. The third kappa shape index (κ3) is 4.89. The largest absolute Gasteiger partial charge is 0.496 e. The van der Waals surface area contributed by atoms with Crippen molar-refractivity contribution in [3.63, 3.8) is 0 Å². The average Bonchev–Trinajstić information content (AvgIpc) is 3.11. The van der Waals surface area contributed by atoms with Gasteiger partial charge in [0.05, 0.1) is 12.8 Å². The Kier molecular flexibility index (Phi) is 6.56. The number of methoxy groups -OCH3 is 1. The lowest BCUT2D eigenvalue weighted by Crippen LogP contribution is -2.08. The number of aromatic nitrogens is 4. The van der Waals surface area contributed by atoms with Gasteiger partial charge in [-0.1, -0.05) is 6.07 Å². The molecule has 0 radical (unpaired) electrons. The second-order valence-electron chi connectivity index (χ2n) is 7.20. The van der Waals surface area contributed by atoms with Crippen LogP contribution in [0.25, 0.3) is 22.6 Å². The number of alkyl halides is 3. The van der Waals surface area contributed by atoms with Gasteiger partial charge in [-0.15, -0.1) is 0 Å². The van der Waals surface area contributed by atoms with Crippen molar-refractivity contribution in [3.8, 4) is 34.1 Å². The second-order valence-corrected chi connectivity index (χ2v) is 7.95. The smallest absolute Gasteiger partial charge is 0.433 e. The van der Waals surface area contributed by atoms with Crippen molar-refractivity contribution in [2.24, 2.45) is 7.05 Å². The number of ether oxygens (including phenoxy) is 2. The summed E-state index contributed by atoms with van der Waals surface area (Å²) in [5, 5.41) is 0. The lowest BCUT2D eigenvalue weighted by atomic mass is 10.1. The Morgan fingerprint density at radius 3 is 2.44 bits per heavy atom. The van der Waals surface area contributed by atoms with E-state index in [0.717, 1.165) is 18.0 Å². The molecule has 0 saturated heterocycles. The molecule has 4 rings (SSSR count). The molecule has 3 heterocycles. The molecule has 0 amide bonds. The fourth-order valence-corrected chi connectivity index (χ4v) is 3.97. The molecule has 0 unspecified atom stereocenters. The summed E-state index contributed by atoms with van der Waals surface area (Å²) in [5.41, 5.74) is 1.60. The summed E-state index contributed by atoms with van der Waals surface area (Å²) in [5.74, 6) is 0.949. The maximum Gasteiger partial charge on any atom is 0.433 e. The predicted molar refractivity (Wildman–Crippen MR) is 120 cm³/mol. The molecule has 176 valence electrons. The standard InChI is InChI=1S/C23H17BrF4N4O2/c1-32-20(21(24)31-22(32)14-4-8-19(25)30-11-14)16-6-5-15(9-17(16)33-2)34-12-13-3-7-18(29-10-13)23(26,27)28/h3-11H,12H2,1-2H3. The zero-order chi connectivity index (χ0) is 24.5. The van der Waals surface area contributed by atoms with Crippen molar-refractivity contribution in [3.05, 3.63) is 76.7 Å². The number of hydrogen-bond donors (Lipinski definition) is 0. The molecule has 0 fully saturated rings. The van der Waals surface area contributed by atoms with E-state index in [9.17, 15) is 17.6 Å². The molecule has 4 aromatic rings. The summed E-state index contributed by atoms with van der Waals surface area (Å²) in [7, 11) is 3.32. The summed E-state index contributed by atoms with van der Waals surface area (Å²) >= 11 is 3.48. The Morgan fingerprint density at radius 1 is 1.03 bits per heavy atom. The van der Waals surface area contributed by atoms with E-state index in [2.05, 4.69) is 30.9 Å². The van der Waals surface area contributed by atoms with Crippen molar-refractivity contribution in [2.45, 2.75) is 12.8 Å². The van der Waals surface area contributed by atoms with Crippen LogP contribution in [-0.2, 0) is 19.8 Å². The maximum absolute atomic E-state index is 13.2. The van der Waals surface area contributed by atoms with Crippen LogP contribution in [0.4, 0.5) is 17.6 Å². The first-order valence-electron chi connectivity index (χ1n) is 9.85. The number of pyridine rings is 2. The van der Waals surface area contributed by atoms with Gasteiger partial charge < -0.3 is 14.0 Å². The molecule has 0 atom stereocenters. The summed E-state index contributed by atoms with van der Waals surface area (Å²) in [4.78, 5) is 11.6. The molecule has 1 aromatic carbocycles. The molecule has 0 aliphatic carbocycles. The van der Waals surface area contributed by atoms with Crippen molar-refractivity contribution in [2.75, 3.05) is 7.11 Å². The molecule has 0 aliphatic heterocycles. The fourth-order valence-electron chi connectivity index (χ4n) is 3.32. The third-order valence-electron chi connectivity index (χ3n) is 4.99. The molecule has 0 N–H and O–H groups in total. The molecule has 34 heavy (non-hydrogen) atoms. The molecular formula is C23H17BrF4N4O2. The van der Waals surface area contributed by atoms with Crippen molar-refractivity contribution in [1.29, 1.82) is 0 Å². The Balaban J connectivity index is 1.58. The van der Waals surface area contributed by atoms with Crippen LogP contribution in [0.1, 0.15) is 11.3 Å². The van der Waals surface area contributed by atoms with Crippen molar-refractivity contribution < 1.29 is 27.0 Å². The van der Waals surface area contributed by atoms with Gasteiger partial charge in [0, 0.05) is 42.2 Å². The van der Waals surface area contributed by atoms with Gasteiger partial charge in [0.2, 0.25) is 5.95 Å². The van der Waals surface area contributed by atoms with Crippen molar-refractivity contribution in [1.82, 2.24) is 19.5 Å². The van der Waals surface area contributed by atoms with Gasteiger partial charge in [-0.2, -0.15) is 17.6 Å². The van der Waals surface area contributed by atoms with E-state index < -0.39 is 17.8 Å². The SMILES string of the molecule is COc1cc(OCc2ccc(C(F)(F)F)nc2)ccc1-c1c(Br)nc(-c2ccc(F)nc2)n1C. The summed E-state index contributed by atoms with van der Waals surface area (Å²) in [6.07, 6.45) is -1.96. The van der Waals surface area contributed by atoms with Gasteiger partial charge in [0.15, 0.2) is 0 Å². The molecule has 0 bridgehead atoms. The number of halogens is 5. The van der Waals surface area contributed by atoms with Gasteiger partial charge in [-0.25, -0.2) is 9.97 Å². The van der Waals surface area contributed by atoms with E-state index >= 15 is 0 Å². The lowest BCUT2D eigenvalue weighted by Gasteiger charge is -2.13. The minimum absolute atomic E-state index is 0.0325. The zero-order valence-electron chi connectivity index (χ0n) is 17.9. The van der Waals surface area contributed by atoms with Gasteiger partial charge in [-0.05, 0) is 46.3 Å². The highest BCUT2D eigenvalue weighted by Crippen LogP contribution is 2.39. The summed E-state index contributed by atoms with van der Waals surface area (Å²) < 4.78 is 64.8. The van der Waals surface area contributed by atoms with Crippen LogP contribution >= 0.6 is 15.9 Å². The van der Waals surface area contributed by atoms with Crippen LogP contribution in [-0.4, -0.2) is 26.6 Å². The van der Waals surface area contributed by atoms with E-state index in [-0.39, 0.29) is 6.61 Å². The third-order valence-corrected chi connectivity index (χ3v) is 5.54. The van der Waals surface area contributed by atoms with E-state index in [4.69, 9.17) is 9.47 Å². The quantitative estimate of drug-likeness (QED) is 0.221. The van der Waals surface area contributed by atoms with Crippen LogP contribution in [0.3, 0.4) is 0 Å². The minimum atomic E-state index is -4.49. The molecule has 3 aromatic heterocycles. The Morgan fingerprint density at radius 2 is 1.82 bits per heavy atom. The van der Waals surface area contributed by atoms with Gasteiger partial charge in [0.25, 0.3) is 0 Å². The molecule has 0 saturated carbocycles. The topological polar surface area (TPSA) is 62.1 Å². The number of rotatable bonds is 6. The van der Waals surface area contributed by atoms with Gasteiger partial charge >= 0.3 is 6.18 Å². The fraction of sp³-hybridized carbons (Fsp3) is 0.174. The Hall–Kier alpha value is -3.47. The molecule has 6 nitrogen and oxygen atoms in total. The second kappa shape index (κ2) is 9.41. The van der Waals surface area contributed by atoms with E-state index in [1.54, 1.807) is 24.3 Å². The number of hydrogen-bond acceptors (Lipinski definition) is 5. The molecule has 0 spiro atoms. The van der Waals surface area contributed by atoms with E-state index in [0.29, 0.717) is 38.6 Å². The van der Waals surface area contributed by atoms with Crippen LogP contribution in [0.2, 0.25) is 0 Å². The molecule has 11 heteroatoms. The number of imidazole rings is 1. The first-order chi connectivity index (χ1) is 16.2. The van der Waals surface area contributed by atoms with Crippen LogP contribution in [0.15, 0.2) is 59.5 Å². The molecule has 0 aliphatic rings. The molecular weight excluding hydrogens is 520 g/mol. The highest BCUT2D eigenvalue weighted by atomic mass is 79.9. The van der Waals surface area contributed by atoms with E-state index in [1.165, 1.54) is 25.4 Å². The maximum atomic E-state index is 13.2. The predicted octanol–water partition coefficient (Wildman–Crippen LogP) is 6.05. The monoisotopic (exact) mass is 536 g/mol. The minimum Gasteiger partial charge on any atom is -0.496 e. The van der Waals surface area contributed by atoms with Gasteiger partial charge in [0.1, 0.15) is 34.2 Å². The first-order valence-corrected chi connectivity index (χ1v) is 10.6. The number of benzene rings is 1. The first kappa shape index (κ1) is 23.7. The summed E-state index contributed by atoms with van der Waals surface area (Å²) in [6.45, 7) is 0.0325. The van der Waals surface area contributed by atoms with Crippen LogP contribution in [0.5, 0.6) is 11.5 Å². The van der Waals surface area contributed by atoms with Gasteiger partial charge in [-0.3, -0.25) is 4.98 Å². The average molecular weight is 537 g/mol. The lowest BCUT2D eigenvalue weighted by molar-refractivity contribution is -0.141. The highest BCUT2D eigenvalue weighted by Gasteiger charge is 2.32. The highest BCUT2D eigenvalue weighted by molar-refractivity contribution is 9.10. The summed E-state index contributed by atoms with van der Waals surface area (Å²) in [6, 6.07) is 10.3. The number of nitrogens with zero attached hydrogens (tertiary/aromatic N) is 4. The van der Waals surface area contributed by atoms with E-state index in [1.807, 2.05) is 11.6 Å². The zero-order valence-corrected chi connectivity index (χ0v) is 19.5. The van der Waals surface area contributed by atoms with Crippen LogP contribution in [0, 0.1) is 5.95 Å².